The molecule has 0 amide bonds. The SMILES string of the molecule is CCCOc1ccc([C@H]2CC[C@H](C#CC#N)CC2)cc1. The quantitative estimate of drug-likeness (QED) is 0.763. The lowest BCUT2D eigenvalue weighted by Gasteiger charge is -2.26. The summed E-state index contributed by atoms with van der Waals surface area (Å²) in [5, 5.41) is 8.48. The molecule has 1 aromatic carbocycles. The first kappa shape index (κ1) is 14.5. The summed E-state index contributed by atoms with van der Waals surface area (Å²) in [6, 6.07) is 10.4. The van der Waals surface area contributed by atoms with E-state index in [1.807, 2.05) is 6.07 Å². The molecule has 0 aromatic heterocycles. The molecule has 0 saturated heterocycles. The highest BCUT2D eigenvalue weighted by Crippen LogP contribution is 2.35. The molecule has 0 aliphatic heterocycles. The van der Waals surface area contributed by atoms with E-state index >= 15 is 0 Å². The van der Waals surface area contributed by atoms with E-state index in [9.17, 15) is 0 Å². The van der Waals surface area contributed by atoms with Crippen molar-refractivity contribution in [2.24, 2.45) is 5.92 Å². The number of hydrogen-bond donors (Lipinski definition) is 0. The Bertz CT molecular complexity index is 507. The number of nitrogens with zero attached hydrogens (tertiary/aromatic N) is 1. The van der Waals surface area contributed by atoms with E-state index in [1.165, 1.54) is 18.4 Å². The van der Waals surface area contributed by atoms with E-state index in [1.54, 1.807) is 0 Å². The van der Waals surface area contributed by atoms with E-state index in [2.05, 4.69) is 43.0 Å². The molecule has 0 spiro atoms. The van der Waals surface area contributed by atoms with Crippen LogP contribution >= 0.6 is 0 Å². The van der Waals surface area contributed by atoms with E-state index in [0.29, 0.717) is 11.8 Å². The zero-order chi connectivity index (χ0) is 14.2. The van der Waals surface area contributed by atoms with Gasteiger partial charge in [0.2, 0.25) is 0 Å². The van der Waals surface area contributed by atoms with E-state index < -0.39 is 0 Å². The third-order valence-electron chi connectivity index (χ3n) is 3.88. The van der Waals surface area contributed by atoms with Crippen LogP contribution in [-0.4, -0.2) is 6.61 Å². The van der Waals surface area contributed by atoms with Crippen LogP contribution in [0.25, 0.3) is 0 Å². The number of ether oxygens (including phenoxy) is 1. The molecule has 1 aromatic rings. The number of hydrogen-bond acceptors (Lipinski definition) is 2. The molecule has 2 heteroatoms. The van der Waals surface area contributed by atoms with Gasteiger partial charge in [0.25, 0.3) is 0 Å². The Morgan fingerprint density at radius 1 is 1.15 bits per heavy atom. The van der Waals surface area contributed by atoms with Gasteiger partial charge in [0, 0.05) is 11.8 Å². The summed E-state index contributed by atoms with van der Waals surface area (Å²) in [7, 11) is 0. The van der Waals surface area contributed by atoms with E-state index in [4.69, 9.17) is 10.00 Å². The van der Waals surface area contributed by atoms with Crippen molar-refractivity contribution >= 4 is 0 Å². The average molecular weight is 267 g/mol. The Kier molecular flexibility index (Phi) is 5.51. The second-order valence-corrected chi connectivity index (χ2v) is 5.35. The summed E-state index contributed by atoms with van der Waals surface area (Å²) >= 11 is 0. The van der Waals surface area contributed by atoms with Crippen molar-refractivity contribution in [2.75, 3.05) is 6.61 Å². The molecule has 104 valence electrons. The third-order valence-corrected chi connectivity index (χ3v) is 3.88. The molecule has 1 aliphatic carbocycles. The highest BCUT2D eigenvalue weighted by atomic mass is 16.5. The Labute approximate surface area is 121 Å². The molecular formula is C18H21NO. The van der Waals surface area contributed by atoms with Crippen molar-refractivity contribution in [1.29, 1.82) is 5.26 Å². The van der Waals surface area contributed by atoms with Gasteiger partial charge in [0.05, 0.1) is 6.61 Å². The molecule has 2 nitrogen and oxygen atoms in total. The first-order valence-corrected chi connectivity index (χ1v) is 7.46. The molecular weight excluding hydrogens is 246 g/mol. The molecule has 0 heterocycles. The Balaban J connectivity index is 1.89. The van der Waals surface area contributed by atoms with E-state index in [0.717, 1.165) is 31.6 Å². The smallest absolute Gasteiger partial charge is 0.152 e. The first-order valence-electron chi connectivity index (χ1n) is 7.46. The lowest BCUT2D eigenvalue weighted by Crippen LogP contribution is -2.12. The van der Waals surface area contributed by atoms with Gasteiger partial charge in [0.15, 0.2) is 6.07 Å². The maximum atomic E-state index is 8.48. The fourth-order valence-electron chi connectivity index (χ4n) is 2.76. The van der Waals surface area contributed by atoms with Gasteiger partial charge >= 0.3 is 0 Å². The average Bonchev–Trinajstić information content (AvgIpc) is 2.52. The summed E-state index contributed by atoms with van der Waals surface area (Å²) in [6.07, 6.45) is 5.58. The molecule has 1 fully saturated rings. The van der Waals surface area contributed by atoms with Crippen LogP contribution in [0.15, 0.2) is 24.3 Å². The Morgan fingerprint density at radius 3 is 2.45 bits per heavy atom. The van der Waals surface area contributed by atoms with Crippen LogP contribution in [0.3, 0.4) is 0 Å². The van der Waals surface area contributed by atoms with E-state index in [-0.39, 0.29) is 0 Å². The van der Waals surface area contributed by atoms with Gasteiger partial charge in [-0.05, 0) is 55.7 Å². The number of nitriles is 1. The largest absolute Gasteiger partial charge is 0.494 e. The predicted octanol–water partition coefficient (Wildman–Crippen LogP) is 4.28. The maximum Gasteiger partial charge on any atom is 0.152 e. The Morgan fingerprint density at radius 2 is 1.85 bits per heavy atom. The molecule has 1 aliphatic rings. The van der Waals surface area contributed by atoms with Crippen LogP contribution in [0.4, 0.5) is 0 Å². The summed E-state index contributed by atoms with van der Waals surface area (Å²) < 4.78 is 5.61. The minimum atomic E-state index is 0.415. The molecule has 0 unspecified atom stereocenters. The second kappa shape index (κ2) is 7.61. The van der Waals surface area contributed by atoms with Crippen molar-refractivity contribution in [3.05, 3.63) is 29.8 Å². The van der Waals surface area contributed by atoms with Crippen molar-refractivity contribution in [2.45, 2.75) is 44.9 Å². The summed E-state index contributed by atoms with van der Waals surface area (Å²) in [5.41, 5.74) is 1.40. The van der Waals surface area contributed by atoms with Crippen molar-refractivity contribution in [1.82, 2.24) is 0 Å². The van der Waals surface area contributed by atoms with Crippen molar-refractivity contribution in [3.63, 3.8) is 0 Å². The fourth-order valence-corrected chi connectivity index (χ4v) is 2.76. The predicted molar refractivity (Wildman–Crippen MR) is 80.3 cm³/mol. The van der Waals surface area contributed by atoms with Gasteiger partial charge < -0.3 is 4.74 Å². The number of benzene rings is 1. The first-order chi connectivity index (χ1) is 9.83. The van der Waals surface area contributed by atoms with Crippen LogP contribution < -0.4 is 4.74 Å². The minimum Gasteiger partial charge on any atom is -0.494 e. The van der Waals surface area contributed by atoms with Crippen LogP contribution in [0.2, 0.25) is 0 Å². The normalized spacial score (nSPS) is 21.4. The topological polar surface area (TPSA) is 33.0 Å². The van der Waals surface area contributed by atoms with Crippen LogP contribution in [-0.2, 0) is 0 Å². The van der Waals surface area contributed by atoms with Crippen LogP contribution in [0, 0.1) is 29.1 Å². The van der Waals surface area contributed by atoms with Gasteiger partial charge in [0.1, 0.15) is 5.75 Å². The summed E-state index contributed by atoms with van der Waals surface area (Å²) in [6.45, 7) is 2.89. The maximum absolute atomic E-state index is 8.48. The van der Waals surface area contributed by atoms with Crippen LogP contribution in [0.5, 0.6) is 5.75 Å². The lowest BCUT2D eigenvalue weighted by molar-refractivity contribution is 0.317. The van der Waals surface area contributed by atoms with Gasteiger partial charge in [-0.2, -0.15) is 5.26 Å². The van der Waals surface area contributed by atoms with Crippen LogP contribution in [0.1, 0.15) is 50.5 Å². The van der Waals surface area contributed by atoms with Crippen molar-refractivity contribution < 1.29 is 4.74 Å². The molecule has 20 heavy (non-hydrogen) atoms. The second-order valence-electron chi connectivity index (χ2n) is 5.35. The number of rotatable bonds is 4. The van der Waals surface area contributed by atoms with Crippen molar-refractivity contribution in [3.8, 4) is 23.7 Å². The molecule has 2 rings (SSSR count). The standard InChI is InChI=1S/C18H21NO/c1-2-14-20-18-11-9-17(10-12-18)16-7-5-15(6-8-16)4-3-13-19/h9-12,15-16H,2,5-8,14H2,1H3/t15-,16-. The molecule has 0 radical (unpaired) electrons. The molecule has 0 atom stereocenters. The molecule has 0 bridgehead atoms. The van der Waals surface area contributed by atoms with Gasteiger partial charge in [-0.3, -0.25) is 0 Å². The fraction of sp³-hybridized carbons (Fsp3) is 0.500. The molecule has 1 saturated carbocycles. The van der Waals surface area contributed by atoms with Gasteiger partial charge in [-0.25, -0.2) is 0 Å². The minimum absolute atomic E-state index is 0.415. The Hall–Kier alpha value is -1.93. The monoisotopic (exact) mass is 267 g/mol. The molecule has 0 N–H and O–H groups in total. The third kappa shape index (κ3) is 4.04. The lowest BCUT2D eigenvalue weighted by atomic mass is 9.79. The zero-order valence-corrected chi connectivity index (χ0v) is 12.1. The highest BCUT2D eigenvalue weighted by Gasteiger charge is 2.21. The summed E-state index contributed by atoms with van der Waals surface area (Å²) in [5.74, 6) is 7.59. The van der Waals surface area contributed by atoms with Gasteiger partial charge in [-0.15, -0.1) is 0 Å². The highest BCUT2D eigenvalue weighted by molar-refractivity contribution is 5.30. The zero-order valence-electron chi connectivity index (χ0n) is 12.1. The summed E-state index contributed by atoms with van der Waals surface area (Å²) in [4.78, 5) is 0. The van der Waals surface area contributed by atoms with Gasteiger partial charge in [-0.1, -0.05) is 25.0 Å².